The van der Waals surface area contributed by atoms with Gasteiger partial charge in [0.2, 0.25) is 0 Å². The molecule has 0 saturated carbocycles. The van der Waals surface area contributed by atoms with Crippen LogP contribution in [0.3, 0.4) is 0 Å². The third-order valence-electron chi connectivity index (χ3n) is 3.08. The highest BCUT2D eigenvalue weighted by Gasteiger charge is 2.14. The molecule has 0 aliphatic heterocycles. The van der Waals surface area contributed by atoms with Crippen molar-refractivity contribution in [2.45, 2.75) is 33.2 Å². The highest BCUT2D eigenvalue weighted by molar-refractivity contribution is 5.55. The molecule has 0 atom stereocenters. The lowest BCUT2D eigenvalue weighted by molar-refractivity contribution is 0.408. The summed E-state index contributed by atoms with van der Waals surface area (Å²) in [6.07, 6.45) is 0. The van der Waals surface area contributed by atoms with Crippen molar-refractivity contribution in [2.75, 3.05) is 26.0 Å². The van der Waals surface area contributed by atoms with E-state index in [2.05, 4.69) is 50.5 Å². The van der Waals surface area contributed by atoms with Crippen LogP contribution in [0, 0.1) is 13.8 Å². The van der Waals surface area contributed by atoms with Crippen LogP contribution in [0.5, 0.6) is 5.75 Å². The summed E-state index contributed by atoms with van der Waals surface area (Å²) in [6, 6.07) is 4.25. The molecule has 0 aliphatic carbocycles. The van der Waals surface area contributed by atoms with E-state index in [1.54, 1.807) is 7.11 Å². The Morgan fingerprint density at radius 2 is 1.71 bits per heavy atom. The van der Waals surface area contributed by atoms with Gasteiger partial charge in [0.25, 0.3) is 0 Å². The number of anilines is 1. The van der Waals surface area contributed by atoms with Crippen LogP contribution < -0.4 is 15.4 Å². The molecular formula is C14H24N2O. The molecule has 3 nitrogen and oxygen atoms in total. The maximum absolute atomic E-state index is 5.36. The largest absolute Gasteiger partial charge is 0.496 e. The van der Waals surface area contributed by atoms with Gasteiger partial charge in [-0.05, 0) is 58.0 Å². The predicted molar refractivity (Wildman–Crippen MR) is 74.1 cm³/mol. The minimum absolute atomic E-state index is 0.0851. The van der Waals surface area contributed by atoms with E-state index >= 15 is 0 Å². The average molecular weight is 236 g/mol. The lowest BCUT2D eigenvalue weighted by Crippen LogP contribution is -2.42. The number of aryl methyl sites for hydroxylation is 2. The monoisotopic (exact) mass is 236 g/mol. The summed E-state index contributed by atoms with van der Waals surface area (Å²) >= 11 is 0. The van der Waals surface area contributed by atoms with E-state index in [4.69, 9.17) is 4.74 Å². The van der Waals surface area contributed by atoms with Gasteiger partial charge in [-0.25, -0.2) is 0 Å². The fraction of sp³-hybridized carbons (Fsp3) is 0.571. The molecule has 2 N–H and O–H groups in total. The summed E-state index contributed by atoms with van der Waals surface area (Å²) in [4.78, 5) is 0. The first-order valence-electron chi connectivity index (χ1n) is 5.97. The van der Waals surface area contributed by atoms with Gasteiger partial charge in [0.05, 0.1) is 7.11 Å². The Bertz CT molecular complexity index is 363. The third-order valence-corrected chi connectivity index (χ3v) is 3.08. The molecule has 3 heteroatoms. The standard InChI is InChI=1S/C14H24N2O/c1-10-7-12(8-11(2)13(10)17-6)16-9-14(3,4)15-5/h7-8,15-16H,9H2,1-6H3. The quantitative estimate of drug-likeness (QED) is 0.824. The van der Waals surface area contributed by atoms with Crippen LogP contribution in [0.1, 0.15) is 25.0 Å². The maximum atomic E-state index is 5.36. The van der Waals surface area contributed by atoms with Crippen molar-refractivity contribution in [3.05, 3.63) is 23.3 Å². The van der Waals surface area contributed by atoms with Crippen LogP contribution in [0.4, 0.5) is 5.69 Å². The molecule has 0 spiro atoms. The highest BCUT2D eigenvalue weighted by Crippen LogP contribution is 2.26. The predicted octanol–water partition coefficient (Wildman–Crippen LogP) is 2.72. The molecule has 0 fully saturated rings. The maximum Gasteiger partial charge on any atom is 0.124 e. The Morgan fingerprint density at radius 3 is 2.12 bits per heavy atom. The molecule has 0 saturated heterocycles. The Labute approximate surface area is 105 Å². The zero-order valence-electron chi connectivity index (χ0n) is 11.8. The molecule has 0 heterocycles. The van der Waals surface area contributed by atoms with Gasteiger partial charge in [-0.3, -0.25) is 0 Å². The van der Waals surface area contributed by atoms with E-state index < -0.39 is 0 Å². The SMILES string of the molecule is CNC(C)(C)CNc1cc(C)c(OC)c(C)c1. The van der Waals surface area contributed by atoms with Crippen LogP contribution >= 0.6 is 0 Å². The molecule has 1 aromatic carbocycles. The van der Waals surface area contributed by atoms with Crippen molar-refractivity contribution in [2.24, 2.45) is 0 Å². The van der Waals surface area contributed by atoms with Crippen molar-refractivity contribution in [3.63, 3.8) is 0 Å². The van der Waals surface area contributed by atoms with Crippen LogP contribution in [0.2, 0.25) is 0 Å². The number of ether oxygens (including phenoxy) is 1. The van der Waals surface area contributed by atoms with Gasteiger partial charge < -0.3 is 15.4 Å². The Morgan fingerprint density at radius 1 is 1.18 bits per heavy atom. The molecule has 0 radical (unpaired) electrons. The lowest BCUT2D eigenvalue weighted by atomic mass is 10.1. The van der Waals surface area contributed by atoms with E-state index in [9.17, 15) is 0 Å². The first-order valence-corrected chi connectivity index (χ1v) is 5.97. The summed E-state index contributed by atoms with van der Waals surface area (Å²) in [5, 5.41) is 6.73. The van der Waals surface area contributed by atoms with Gasteiger partial charge in [0.15, 0.2) is 0 Å². The molecule has 96 valence electrons. The number of hydrogen-bond donors (Lipinski definition) is 2. The smallest absolute Gasteiger partial charge is 0.124 e. The van der Waals surface area contributed by atoms with Crippen LogP contribution in [0.15, 0.2) is 12.1 Å². The van der Waals surface area contributed by atoms with Crippen molar-refractivity contribution in [1.82, 2.24) is 5.32 Å². The number of nitrogens with one attached hydrogen (secondary N) is 2. The summed E-state index contributed by atoms with van der Waals surface area (Å²) in [7, 11) is 3.69. The minimum atomic E-state index is 0.0851. The molecule has 1 rings (SSSR count). The van der Waals surface area contributed by atoms with E-state index in [-0.39, 0.29) is 5.54 Å². The Balaban J connectivity index is 2.80. The molecule has 17 heavy (non-hydrogen) atoms. The number of rotatable bonds is 5. The molecule has 1 aromatic rings. The van der Waals surface area contributed by atoms with E-state index in [1.165, 1.54) is 0 Å². The van der Waals surface area contributed by atoms with Crippen molar-refractivity contribution < 1.29 is 4.74 Å². The fourth-order valence-electron chi connectivity index (χ4n) is 1.79. The van der Waals surface area contributed by atoms with Crippen molar-refractivity contribution >= 4 is 5.69 Å². The lowest BCUT2D eigenvalue weighted by Gasteiger charge is -2.25. The number of methoxy groups -OCH3 is 1. The molecule has 0 bridgehead atoms. The molecule has 0 amide bonds. The van der Waals surface area contributed by atoms with Crippen LogP contribution in [0.25, 0.3) is 0 Å². The van der Waals surface area contributed by atoms with Gasteiger partial charge in [0, 0.05) is 17.8 Å². The zero-order chi connectivity index (χ0) is 13.1. The van der Waals surface area contributed by atoms with E-state index in [0.29, 0.717) is 0 Å². The second-order valence-corrected chi connectivity index (χ2v) is 5.13. The van der Waals surface area contributed by atoms with Gasteiger partial charge in [-0.2, -0.15) is 0 Å². The normalized spacial score (nSPS) is 11.4. The van der Waals surface area contributed by atoms with Crippen LogP contribution in [-0.2, 0) is 0 Å². The molecule has 0 aromatic heterocycles. The number of benzene rings is 1. The molecular weight excluding hydrogens is 212 g/mol. The average Bonchev–Trinajstić information content (AvgIpc) is 2.26. The highest BCUT2D eigenvalue weighted by atomic mass is 16.5. The summed E-state index contributed by atoms with van der Waals surface area (Å²) < 4.78 is 5.36. The van der Waals surface area contributed by atoms with E-state index in [0.717, 1.165) is 29.1 Å². The summed E-state index contributed by atoms with van der Waals surface area (Å²) in [5.41, 5.74) is 3.56. The van der Waals surface area contributed by atoms with Crippen molar-refractivity contribution in [1.29, 1.82) is 0 Å². The van der Waals surface area contributed by atoms with Crippen molar-refractivity contribution in [3.8, 4) is 5.75 Å². The molecule has 0 unspecified atom stereocenters. The summed E-state index contributed by atoms with van der Waals surface area (Å²) in [6.45, 7) is 9.36. The second kappa shape index (κ2) is 5.41. The number of hydrogen-bond acceptors (Lipinski definition) is 3. The fourth-order valence-corrected chi connectivity index (χ4v) is 1.79. The Kier molecular flexibility index (Phi) is 4.40. The zero-order valence-corrected chi connectivity index (χ0v) is 11.8. The minimum Gasteiger partial charge on any atom is -0.496 e. The second-order valence-electron chi connectivity index (χ2n) is 5.13. The van der Waals surface area contributed by atoms with Gasteiger partial charge in [-0.1, -0.05) is 0 Å². The summed E-state index contributed by atoms with van der Waals surface area (Å²) in [5.74, 6) is 0.975. The number of likely N-dealkylation sites (N-methyl/N-ethyl adjacent to an activating group) is 1. The van der Waals surface area contributed by atoms with E-state index in [1.807, 2.05) is 7.05 Å². The Hall–Kier alpha value is -1.22. The van der Waals surface area contributed by atoms with Crippen LogP contribution in [-0.4, -0.2) is 26.2 Å². The molecule has 0 aliphatic rings. The first kappa shape index (κ1) is 13.8. The third kappa shape index (κ3) is 3.63. The first-order chi connectivity index (χ1) is 7.89. The topological polar surface area (TPSA) is 33.3 Å². The van der Waals surface area contributed by atoms with Gasteiger partial charge >= 0.3 is 0 Å². The van der Waals surface area contributed by atoms with Gasteiger partial charge in [0.1, 0.15) is 5.75 Å². The van der Waals surface area contributed by atoms with Gasteiger partial charge in [-0.15, -0.1) is 0 Å².